The standard InChI is InChI=1S/C39H30N6O6/c1-19-32(46)30(26-14-13-24-36(41-26)44(38(50)42-37(24)49)16-15-21-18-40-25-12-8-7-11-23(21)25)34-31(33(19)47)39(3)28(51-34)17-27-29(35(39)48)20(2)43-45(27)22-9-5-4-6-10-22/h4-14,17-18,40,46-47H,15-16H2,1-3H3,(H,42,49,50). The minimum atomic E-state index is -1.45. The third-order valence-corrected chi connectivity index (χ3v) is 10.3. The van der Waals surface area contributed by atoms with Gasteiger partial charge in [-0.25, -0.2) is 14.5 Å². The Labute approximate surface area is 288 Å². The number of hydrogen-bond donors (Lipinski definition) is 4. The Morgan fingerprint density at radius 3 is 2.47 bits per heavy atom. The van der Waals surface area contributed by atoms with Crippen LogP contribution >= 0.6 is 0 Å². The van der Waals surface area contributed by atoms with Gasteiger partial charge in [0, 0.05) is 35.3 Å². The van der Waals surface area contributed by atoms with Gasteiger partial charge in [-0.1, -0.05) is 36.4 Å². The molecule has 12 nitrogen and oxygen atoms in total. The molecule has 51 heavy (non-hydrogen) atoms. The number of aromatic nitrogens is 6. The summed E-state index contributed by atoms with van der Waals surface area (Å²) >= 11 is 0. The number of allylic oxidation sites excluding steroid dienone is 1. The highest BCUT2D eigenvalue weighted by Gasteiger charge is 2.55. The summed E-state index contributed by atoms with van der Waals surface area (Å²) in [5, 5.41) is 29.0. The van der Waals surface area contributed by atoms with Crippen molar-refractivity contribution in [3.63, 3.8) is 0 Å². The van der Waals surface area contributed by atoms with E-state index in [0.717, 1.165) is 22.2 Å². The molecule has 0 saturated carbocycles. The number of H-pyrrole nitrogens is 2. The van der Waals surface area contributed by atoms with E-state index in [2.05, 4.69) is 15.1 Å². The zero-order valence-electron chi connectivity index (χ0n) is 27.7. The predicted molar refractivity (Wildman–Crippen MR) is 191 cm³/mol. The van der Waals surface area contributed by atoms with Crippen molar-refractivity contribution in [1.82, 2.24) is 29.3 Å². The van der Waals surface area contributed by atoms with Crippen LogP contribution in [0.4, 0.5) is 0 Å². The Balaban J connectivity index is 1.21. The third-order valence-electron chi connectivity index (χ3n) is 10.3. The first kappa shape index (κ1) is 30.4. The molecule has 1 aliphatic heterocycles. The van der Waals surface area contributed by atoms with E-state index in [1.54, 1.807) is 37.6 Å². The Kier molecular flexibility index (Phi) is 6.34. The number of ketones is 1. The molecule has 0 spiro atoms. The van der Waals surface area contributed by atoms with Crippen LogP contribution in [0.25, 0.3) is 45.0 Å². The van der Waals surface area contributed by atoms with Gasteiger partial charge in [0.2, 0.25) is 0 Å². The molecule has 4 N–H and O–H groups in total. The number of hydrogen-bond acceptors (Lipinski definition) is 8. The molecule has 12 heteroatoms. The molecule has 0 saturated heterocycles. The molecule has 2 aliphatic rings. The topological polar surface area (TPSA) is 168 Å². The molecule has 0 radical (unpaired) electrons. The number of carbonyl (C=O) groups excluding carboxylic acids is 1. The van der Waals surface area contributed by atoms with Gasteiger partial charge in [-0.15, -0.1) is 0 Å². The Hall–Kier alpha value is -6.69. The fraction of sp³-hybridized carbons (Fsp3) is 0.154. The van der Waals surface area contributed by atoms with Crippen LogP contribution in [-0.2, 0) is 18.4 Å². The summed E-state index contributed by atoms with van der Waals surface area (Å²) in [6, 6.07) is 20.4. The Morgan fingerprint density at radius 1 is 0.902 bits per heavy atom. The van der Waals surface area contributed by atoms with Gasteiger partial charge >= 0.3 is 5.69 Å². The maximum Gasteiger partial charge on any atom is 0.330 e. The number of aryl methyl sites for hydroxylation is 3. The van der Waals surface area contributed by atoms with Crippen molar-refractivity contribution in [1.29, 1.82) is 0 Å². The van der Waals surface area contributed by atoms with E-state index in [9.17, 15) is 24.6 Å². The molecule has 7 aromatic rings. The SMILES string of the molecule is Cc1nn(-c2ccccc2)c2c1C(=O)C1(C)C(=C2)Oc2c(-c3ccc4c(=O)[nH]c(=O)n(CCc5c[nH]c6ccccc56)c4n3)c(O)c(C)c(O)c21. The molecular formula is C39H30N6O6. The van der Waals surface area contributed by atoms with Crippen LogP contribution in [0.5, 0.6) is 17.2 Å². The number of nitrogens with one attached hydrogen (secondary N) is 2. The Bertz CT molecular complexity index is 2810. The van der Waals surface area contributed by atoms with Crippen LogP contribution in [0.1, 0.15) is 45.4 Å². The van der Waals surface area contributed by atoms with Gasteiger partial charge in [0.1, 0.15) is 34.1 Å². The fourth-order valence-electron chi connectivity index (χ4n) is 7.54. The first-order valence-corrected chi connectivity index (χ1v) is 16.5. The molecule has 252 valence electrons. The van der Waals surface area contributed by atoms with Crippen molar-refractivity contribution in [3.8, 4) is 34.2 Å². The molecule has 9 rings (SSSR count). The number of Topliss-reactive ketones (excluding diaryl/α,β-unsaturated/α-hetero) is 1. The number of aromatic amines is 2. The van der Waals surface area contributed by atoms with E-state index in [1.165, 1.54) is 10.6 Å². The molecule has 5 heterocycles. The number of rotatable bonds is 5. The summed E-state index contributed by atoms with van der Waals surface area (Å²) in [6.07, 6.45) is 4.11. The van der Waals surface area contributed by atoms with Crippen molar-refractivity contribution in [3.05, 3.63) is 133 Å². The van der Waals surface area contributed by atoms with Crippen molar-refractivity contribution >= 4 is 33.8 Å². The molecule has 1 atom stereocenters. The molecule has 0 fully saturated rings. The minimum Gasteiger partial charge on any atom is -0.507 e. The van der Waals surface area contributed by atoms with Crippen LogP contribution in [0.15, 0.2) is 88.3 Å². The zero-order valence-corrected chi connectivity index (χ0v) is 27.7. The molecule has 4 aromatic heterocycles. The molecule has 1 unspecified atom stereocenters. The fourth-order valence-corrected chi connectivity index (χ4v) is 7.54. The minimum absolute atomic E-state index is 0.0594. The largest absolute Gasteiger partial charge is 0.507 e. The molecule has 0 bridgehead atoms. The molecular weight excluding hydrogens is 648 g/mol. The van der Waals surface area contributed by atoms with Crippen LogP contribution in [0.2, 0.25) is 0 Å². The maximum absolute atomic E-state index is 14.5. The number of pyridine rings is 1. The van der Waals surface area contributed by atoms with Crippen molar-refractivity contribution in [2.45, 2.75) is 39.2 Å². The average Bonchev–Trinajstić information content (AvgIpc) is 3.79. The van der Waals surface area contributed by atoms with Crippen molar-refractivity contribution in [2.75, 3.05) is 0 Å². The first-order chi connectivity index (χ1) is 24.6. The summed E-state index contributed by atoms with van der Waals surface area (Å²) in [7, 11) is 0. The van der Waals surface area contributed by atoms with Gasteiger partial charge in [-0.05, 0) is 63.1 Å². The lowest BCUT2D eigenvalue weighted by Crippen LogP contribution is -2.36. The number of phenolic OH excluding ortho intramolecular Hbond substituents is 2. The van der Waals surface area contributed by atoms with E-state index in [-0.39, 0.29) is 68.8 Å². The highest BCUT2D eigenvalue weighted by Crippen LogP contribution is 2.60. The van der Waals surface area contributed by atoms with Crippen LogP contribution < -0.4 is 16.0 Å². The van der Waals surface area contributed by atoms with Gasteiger partial charge in [-0.3, -0.25) is 19.1 Å². The summed E-state index contributed by atoms with van der Waals surface area (Å²) in [4.78, 5) is 51.2. The second-order valence-corrected chi connectivity index (χ2v) is 13.1. The summed E-state index contributed by atoms with van der Waals surface area (Å²) < 4.78 is 9.55. The highest BCUT2D eigenvalue weighted by molar-refractivity contribution is 6.14. The van der Waals surface area contributed by atoms with Crippen molar-refractivity contribution < 1.29 is 19.7 Å². The first-order valence-electron chi connectivity index (χ1n) is 16.5. The molecule has 1 aliphatic carbocycles. The average molecular weight is 679 g/mol. The van der Waals surface area contributed by atoms with Crippen LogP contribution in [0.3, 0.4) is 0 Å². The second kappa shape index (κ2) is 10.7. The predicted octanol–water partition coefficient (Wildman–Crippen LogP) is 5.58. The summed E-state index contributed by atoms with van der Waals surface area (Å²) in [5.74, 6) is -0.598. The van der Waals surface area contributed by atoms with Gasteiger partial charge in [0.25, 0.3) is 5.56 Å². The van der Waals surface area contributed by atoms with Crippen LogP contribution in [-0.4, -0.2) is 45.3 Å². The second-order valence-electron chi connectivity index (χ2n) is 13.1. The van der Waals surface area contributed by atoms with E-state index < -0.39 is 16.7 Å². The highest BCUT2D eigenvalue weighted by atomic mass is 16.5. The van der Waals surface area contributed by atoms with Gasteiger partial charge in [0.05, 0.1) is 44.8 Å². The van der Waals surface area contributed by atoms with Gasteiger partial charge in [0.15, 0.2) is 5.78 Å². The quantitative estimate of drug-likeness (QED) is 0.183. The number of carbonyl (C=O) groups is 1. The van der Waals surface area contributed by atoms with Crippen LogP contribution in [0, 0.1) is 13.8 Å². The number of para-hydroxylation sites is 2. The van der Waals surface area contributed by atoms with Crippen molar-refractivity contribution in [2.24, 2.45) is 0 Å². The third kappa shape index (κ3) is 4.16. The summed E-state index contributed by atoms with van der Waals surface area (Å²) in [6.45, 7) is 5.20. The van der Waals surface area contributed by atoms with E-state index in [1.807, 2.05) is 60.8 Å². The van der Waals surface area contributed by atoms with E-state index >= 15 is 0 Å². The van der Waals surface area contributed by atoms with E-state index in [4.69, 9.17) is 9.72 Å². The zero-order chi connectivity index (χ0) is 35.3. The van der Waals surface area contributed by atoms with Gasteiger partial charge in [-0.2, -0.15) is 5.10 Å². The number of benzene rings is 3. The number of nitrogens with zero attached hydrogens (tertiary/aromatic N) is 4. The maximum atomic E-state index is 14.5. The van der Waals surface area contributed by atoms with Gasteiger partial charge < -0.3 is 19.9 Å². The monoisotopic (exact) mass is 678 g/mol. The number of fused-ring (bicyclic) bond motifs is 6. The molecule has 3 aromatic carbocycles. The molecule has 0 amide bonds. The lowest BCUT2D eigenvalue weighted by molar-refractivity contribution is 0.0905. The number of ether oxygens (including phenoxy) is 1. The lowest BCUT2D eigenvalue weighted by atomic mass is 9.71. The smallest absolute Gasteiger partial charge is 0.330 e. The summed E-state index contributed by atoms with van der Waals surface area (Å²) in [5.41, 5.74) is 2.22. The number of aromatic hydroxyl groups is 2. The Morgan fingerprint density at radius 2 is 1.67 bits per heavy atom. The lowest BCUT2D eigenvalue weighted by Gasteiger charge is -2.27. The number of phenols is 2. The van der Waals surface area contributed by atoms with E-state index in [0.29, 0.717) is 23.4 Å². The normalized spacial score (nSPS) is 16.2.